The van der Waals surface area contributed by atoms with Gasteiger partial charge < -0.3 is 14.8 Å². The molecule has 0 radical (unpaired) electrons. The van der Waals surface area contributed by atoms with Crippen LogP contribution in [0.5, 0.6) is 11.5 Å². The third kappa shape index (κ3) is 3.64. The van der Waals surface area contributed by atoms with Gasteiger partial charge in [-0.3, -0.25) is 0 Å². The van der Waals surface area contributed by atoms with Gasteiger partial charge in [0.25, 0.3) is 0 Å². The van der Waals surface area contributed by atoms with E-state index in [0.29, 0.717) is 6.04 Å². The Balaban J connectivity index is 2.83. The Morgan fingerprint density at radius 2 is 1.94 bits per heavy atom. The minimum Gasteiger partial charge on any atom is -0.493 e. The second kappa shape index (κ2) is 7.27. The molecule has 0 fully saturated rings. The average Bonchev–Trinajstić information content (AvgIpc) is 2.40. The summed E-state index contributed by atoms with van der Waals surface area (Å²) < 4.78 is 11.4. The van der Waals surface area contributed by atoms with E-state index in [0.717, 1.165) is 24.3 Å². The lowest BCUT2D eigenvalue weighted by Crippen LogP contribution is -2.38. The first-order valence-electron chi connectivity index (χ1n) is 6.67. The van der Waals surface area contributed by atoms with Gasteiger partial charge in [0, 0.05) is 6.04 Å². The van der Waals surface area contributed by atoms with Crippen molar-refractivity contribution in [2.45, 2.75) is 45.8 Å². The van der Waals surface area contributed by atoms with Crippen LogP contribution < -0.4 is 14.8 Å². The van der Waals surface area contributed by atoms with Crippen LogP contribution in [0.4, 0.5) is 0 Å². The molecule has 1 aromatic carbocycles. The quantitative estimate of drug-likeness (QED) is 0.808. The summed E-state index contributed by atoms with van der Waals surface area (Å²) in [5.41, 5.74) is 1.26. The third-order valence-electron chi connectivity index (χ3n) is 3.33. The van der Waals surface area contributed by atoms with Crippen LogP contribution in [0, 0.1) is 0 Å². The van der Waals surface area contributed by atoms with Crippen LogP contribution in [-0.2, 0) is 6.42 Å². The van der Waals surface area contributed by atoms with E-state index in [1.807, 2.05) is 19.2 Å². The summed E-state index contributed by atoms with van der Waals surface area (Å²) in [5.74, 6) is 1.63. The maximum Gasteiger partial charge on any atom is 0.161 e. The number of methoxy groups -OCH3 is 1. The maximum atomic E-state index is 5.99. The number of hydrogen-bond donors (Lipinski definition) is 1. The number of ether oxygens (including phenoxy) is 2. The van der Waals surface area contributed by atoms with Gasteiger partial charge >= 0.3 is 0 Å². The predicted octanol–water partition coefficient (Wildman–Crippen LogP) is 3.02. The van der Waals surface area contributed by atoms with Crippen LogP contribution in [0.1, 0.15) is 32.8 Å². The van der Waals surface area contributed by atoms with Crippen molar-refractivity contribution in [3.8, 4) is 11.5 Å². The molecule has 0 saturated heterocycles. The first-order valence-corrected chi connectivity index (χ1v) is 6.67. The Bertz CT molecular complexity index is 362. The highest BCUT2D eigenvalue weighted by Crippen LogP contribution is 2.29. The van der Waals surface area contributed by atoms with E-state index in [2.05, 4.69) is 32.2 Å². The Morgan fingerprint density at radius 1 is 1.22 bits per heavy atom. The Hall–Kier alpha value is -1.22. The van der Waals surface area contributed by atoms with Crippen molar-refractivity contribution in [2.75, 3.05) is 14.2 Å². The van der Waals surface area contributed by atoms with Gasteiger partial charge in [0.1, 0.15) is 6.10 Å². The number of nitrogens with one attached hydrogen (secondary N) is 1. The van der Waals surface area contributed by atoms with Crippen molar-refractivity contribution in [3.63, 3.8) is 0 Å². The first kappa shape index (κ1) is 14.8. The molecule has 3 nitrogen and oxygen atoms in total. The summed E-state index contributed by atoms with van der Waals surface area (Å²) in [4.78, 5) is 0. The SMILES string of the molecule is CCc1ccc(OC(C)C(CC)NC)c(OC)c1. The van der Waals surface area contributed by atoms with E-state index in [9.17, 15) is 0 Å². The Morgan fingerprint density at radius 3 is 2.44 bits per heavy atom. The molecular formula is C15H25NO2. The third-order valence-corrected chi connectivity index (χ3v) is 3.33. The highest BCUT2D eigenvalue weighted by molar-refractivity contribution is 5.43. The molecule has 0 bridgehead atoms. The molecule has 3 heteroatoms. The average molecular weight is 251 g/mol. The second-order valence-corrected chi connectivity index (χ2v) is 4.47. The van der Waals surface area contributed by atoms with E-state index in [-0.39, 0.29) is 6.10 Å². The molecule has 0 aliphatic heterocycles. The minimum absolute atomic E-state index is 0.112. The minimum atomic E-state index is 0.112. The molecule has 2 unspecified atom stereocenters. The number of rotatable bonds is 7. The summed E-state index contributed by atoms with van der Waals surface area (Å²) in [7, 11) is 3.65. The largest absolute Gasteiger partial charge is 0.493 e. The smallest absolute Gasteiger partial charge is 0.161 e. The fraction of sp³-hybridized carbons (Fsp3) is 0.600. The highest BCUT2D eigenvalue weighted by Gasteiger charge is 2.16. The van der Waals surface area contributed by atoms with Crippen LogP contribution in [0.25, 0.3) is 0 Å². The lowest BCUT2D eigenvalue weighted by atomic mass is 10.1. The molecule has 0 saturated carbocycles. The van der Waals surface area contributed by atoms with Crippen LogP contribution in [0.3, 0.4) is 0 Å². The molecule has 1 rings (SSSR count). The maximum absolute atomic E-state index is 5.99. The molecule has 1 N–H and O–H groups in total. The van der Waals surface area contributed by atoms with Gasteiger partial charge in [-0.1, -0.05) is 19.9 Å². The summed E-state index contributed by atoms with van der Waals surface area (Å²) in [5, 5.41) is 3.27. The van der Waals surface area contributed by atoms with Crippen molar-refractivity contribution >= 4 is 0 Å². The lowest BCUT2D eigenvalue weighted by Gasteiger charge is -2.24. The number of likely N-dealkylation sites (N-methyl/N-ethyl adjacent to an activating group) is 1. The molecule has 102 valence electrons. The van der Waals surface area contributed by atoms with Crippen molar-refractivity contribution < 1.29 is 9.47 Å². The zero-order chi connectivity index (χ0) is 13.5. The van der Waals surface area contributed by atoms with E-state index >= 15 is 0 Å². The molecule has 0 spiro atoms. The van der Waals surface area contributed by atoms with Crippen molar-refractivity contribution in [1.82, 2.24) is 5.32 Å². The van der Waals surface area contributed by atoms with Crippen LogP contribution in [0.15, 0.2) is 18.2 Å². The van der Waals surface area contributed by atoms with E-state index in [1.165, 1.54) is 5.56 Å². The highest BCUT2D eigenvalue weighted by atomic mass is 16.5. The molecule has 2 atom stereocenters. The number of benzene rings is 1. The number of hydrogen-bond acceptors (Lipinski definition) is 3. The van der Waals surface area contributed by atoms with E-state index < -0.39 is 0 Å². The second-order valence-electron chi connectivity index (χ2n) is 4.47. The van der Waals surface area contributed by atoms with Gasteiger partial charge in [-0.2, -0.15) is 0 Å². The van der Waals surface area contributed by atoms with E-state index in [1.54, 1.807) is 7.11 Å². The molecule has 0 aliphatic rings. The number of aryl methyl sites for hydroxylation is 1. The fourth-order valence-corrected chi connectivity index (χ4v) is 2.08. The van der Waals surface area contributed by atoms with Crippen LogP contribution >= 0.6 is 0 Å². The normalized spacial score (nSPS) is 14.1. The summed E-state index contributed by atoms with van der Waals surface area (Å²) in [6, 6.07) is 6.48. The zero-order valence-electron chi connectivity index (χ0n) is 12.1. The first-order chi connectivity index (χ1) is 8.65. The molecule has 18 heavy (non-hydrogen) atoms. The fourth-order valence-electron chi connectivity index (χ4n) is 2.08. The monoisotopic (exact) mass is 251 g/mol. The molecule has 0 aromatic heterocycles. The summed E-state index contributed by atoms with van der Waals surface area (Å²) >= 11 is 0. The Kier molecular flexibility index (Phi) is 5.99. The van der Waals surface area contributed by atoms with Crippen molar-refractivity contribution in [2.24, 2.45) is 0 Å². The lowest BCUT2D eigenvalue weighted by molar-refractivity contribution is 0.165. The van der Waals surface area contributed by atoms with E-state index in [4.69, 9.17) is 9.47 Å². The molecular weight excluding hydrogens is 226 g/mol. The van der Waals surface area contributed by atoms with Gasteiger partial charge in [-0.05, 0) is 44.5 Å². The van der Waals surface area contributed by atoms with Gasteiger partial charge in [0.15, 0.2) is 11.5 Å². The molecule has 0 aliphatic carbocycles. The van der Waals surface area contributed by atoms with Crippen LogP contribution in [-0.4, -0.2) is 26.3 Å². The molecule has 1 aromatic rings. The van der Waals surface area contributed by atoms with Gasteiger partial charge in [-0.15, -0.1) is 0 Å². The molecule has 0 heterocycles. The summed E-state index contributed by atoms with van der Waals surface area (Å²) in [6.07, 6.45) is 2.15. The standard InChI is InChI=1S/C15H25NO2/c1-6-12-8-9-14(15(10-12)17-5)18-11(3)13(7-2)16-4/h8-11,13,16H,6-7H2,1-5H3. The van der Waals surface area contributed by atoms with Gasteiger partial charge in [0.2, 0.25) is 0 Å². The topological polar surface area (TPSA) is 30.5 Å². The van der Waals surface area contributed by atoms with Crippen molar-refractivity contribution in [3.05, 3.63) is 23.8 Å². The molecule has 0 amide bonds. The summed E-state index contributed by atoms with van der Waals surface area (Å²) in [6.45, 7) is 6.36. The van der Waals surface area contributed by atoms with Gasteiger partial charge in [0.05, 0.1) is 7.11 Å². The zero-order valence-corrected chi connectivity index (χ0v) is 12.1. The van der Waals surface area contributed by atoms with Gasteiger partial charge in [-0.25, -0.2) is 0 Å². The van der Waals surface area contributed by atoms with Crippen LogP contribution in [0.2, 0.25) is 0 Å². The Labute approximate surface area is 110 Å². The predicted molar refractivity (Wildman–Crippen MR) is 75.6 cm³/mol. The van der Waals surface area contributed by atoms with Crippen molar-refractivity contribution in [1.29, 1.82) is 0 Å².